The summed E-state index contributed by atoms with van der Waals surface area (Å²) in [5.41, 5.74) is 1.81. The first-order chi connectivity index (χ1) is 9.66. The summed E-state index contributed by atoms with van der Waals surface area (Å²) in [4.78, 5) is 0. The molecule has 114 valence electrons. The largest absolute Gasteiger partial charge is 0.456 e. The van der Waals surface area contributed by atoms with Crippen LogP contribution in [0.15, 0.2) is 36.6 Å². The molecule has 0 saturated heterocycles. The molecule has 0 heterocycles. The zero-order valence-electron chi connectivity index (χ0n) is 11.5. The Morgan fingerprint density at radius 1 is 1.33 bits per heavy atom. The maximum Gasteiger partial charge on any atom is 0.456 e. The molecular weight excluding hydrogens is 304 g/mol. The third-order valence-corrected chi connectivity index (χ3v) is 3.66. The number of benzene rings is 1. The fourth-order valence-electron chi connectivity index (χ4n) is 1.33. The number of hydrogen-bond donors (Lipinski definition) is 0. The summed E-state index contributed by atoms with van der Waals surface area (Å²) in [6, 6.07) is 4.17. The highest BCUT2D eigenvalue weighted by molar-refractivity contribution is 7.59. The zero-order valence-corrected chi connectivity index (χ0v) is 12.4. The number of allylic oxidation sites excluding steroid dienone is 1. The molecule has 0 N–H and O–H groups in total. The molecule has 0 aliphatic heterocycles. The van der Waals surface area contributed by atoms with Gasteiger partial charge in [0, 0.05) is 11.2 Å². The Morgan fingerprint density at radius 2 is 1.90 bits per heavy atom. The van der Waals surface area contributed by atoms with E-state index in [2.05, 4.69) is 18.2 Å². The van der Waals surface area contributed by atoms with E-state index in [4.69, 9.17) is 9.05 Å². The van der Waals surface area contributed by atoms with Gasteiger partial charge in [0.25, 0.3) is 0 Å². The second-order valence-electron chi connectivity index (χ2n) is 4.02. The molecule has 0 bridgehead atoms. The van der Waals surface area contributed by atoms with E-state index in [0.717, 1.165) is 12.1 Å². The van der Waals surface area contributed by atoms with Gasteiger partial charge in [-0.15, -0.1) is 0 Å². The highest BCUT2D eigenvalue weighted by atomic mass is 31.2. The average molecular weight is 318 g/mol. The van der Waals surface area contributed by atoms with Crippen LogP contribution in [0.1, 0.15) is 25.0 Å². The molecule has 0 aromatic heterocycles. The van der Waals surface area contributed by atoms with Crippen molar-refractivity contribution in [3.05, 3.63) is 47.7 Å². The lowest BCUT2D eigenvalue weighted by Gasteiger charge is -2.12. The van der Waals surface area contributed by atoms with Crippen LogP contribution in [0.4, 0.5) is 13.2 Å². The number of halogens is 3. The molecule has 3 nitrogen and oxygen atoms in total. The Morgan fingerprint density at radius 3 is 2.33 bits per heavy atom. The van der Waals surface area contributed by atoms with Crippen LogP contribution in [0.3, 0.4) is 0 Å². The Kier molecular flexibility index (Phi) is 5.65. The average Bonchev–Trinajstić information content (AvgIpc) is 2.35. The van der Waals surface area contributed by atoms with Gasteiger partial charge in [0.2, 0.25) is 0 Å². The van der Waals surface area contributed by atoms with E-state index in [-0.39, 0.29) is 17.9 Å². The molecule has 0 radical (unpaired) electrons. The van der Waals surface area contributed by atoms with Crippen molar-refractivity contribution >= 4 is 7.60 Å². The van der Waals surface area contributed by atoms with Crippen LogP contribution < -0.4 is 0 Å². The maximum atomic E-state index is 12.4. The predicted octanol–water partition coefficient (Wildman–Crippen LogP) is 4.79. The molecule has 0 fully saturated rings. The highest BCUT2D eigenvalue weighted by Gasteiger charge is 2.29. The molecule has 0 spiro atoms. The lowest BCUT2D eigenvalue weighted by Crippen LogP contribution is -2.04. The van der Waals surface area contributed by atoms with Crippen molar-refractivity contribution in [1.82, 2.24) is 0 Å². The predicted molar refractivity (Wildman–Crippen MR) is 73.5 cm³/mol. The third kappa shape index (κ3) is 5.66. The van der Waals surface area contributed by atoms with Crippen LogP contribution in [-0.2, 0) is 19.8 Å². The summed E-state index contributed by atoms with van der Waals surface area (Å²) in [5, 5.41) is 0. The van der Waals surface area contributed by atoms with Crippen molar-refractivity contribution in [3.8, 4) is 11.6 Å². The van der Waals surface area contributed by atoms with Crippen molar-refractivity contribution < 1.29 is 26.8 Å². The second-order valence-corrected chi connectivity index (χ2v) is 5.68. The normalized spacial score (nSPS) is 13.8. The monoisotopic (exact) mass is 318 g/mol. The van der Waals surface area contributed by atoms with E-state index in [9.17, 15) is 17.7 Å². The van der Waals surface area contributed by atoms with E-state index in [1.165, 1.54) is 19.1 Å². The van der Waals surface area contributed by atoms with Crippen molar-refractivity contribution in [3.63, 3.8) is 0 Å². The fraction of sp³-hybridized carbons (Fsp3) is 0.286. The summed E-state index contributed by atoms with van der Waals surface area (Å²) in [5.74, 6) is 2.66. The minimum atomic E-state index is -4.41. The number of alkyl halides is 3. The molecule has 0 aliphatic rings. The van der Waals surface area contributed by atoms with Gasteiger partial charge in [0.05, 0.1) is 17.9 Å². The summed E-state index contributed by atoms with van der Waals surface area (Å²) in [6.07, 6.45) is -4.41. The van der Waals surface area contributed by atoms with Crippen molar-refractivity contribution in [2.75, 3.05) is 6.61 Å². The summed E-state index contributed by atoms with van der Waals surface area (Å²) in [7, 11) is -3.67. The van der Waals surface area contributed by atoms with Crippen LogP contribution in [-0.4, -0.2) is 6.61 Å². The molecule has 0 aliphatic carbocycles. The second kappa shape index (κ2) is 6.84. The molecule has 0 saturated carbocycles. The maximum absolute atomic E-state index is 12.4. The van der Waals surface area contributed by atoms with E-state index < -0.39 is 19.3 Å². The van der Waals surface area contributed by atoms with E-state index in [0.29, 0.717) is 0 Å². The van der Waals surface area contributed by atoms with E-state index >= 15 is 0 Å². The molecular formula is C14H14F3O3P. The Balaban J connectivity index is 2.99. The lowest BCUT2D eigenvalue weighted by molar-refractivity contribution is -0.137. The van der Waals surface area contributed by atoms with Crippen molar-refractivity contribution in [1.29, 1.82) is 0 Å². The minimum absolute atomic E-state index is 0.117. The first-order valence-corrected chi connectivity index (χ1v) is 7.51. The van der Waals surface area contributed by atoms with Crippen LogP contribution in [0.2, 0.25) is 0 Å². The van der Waals surface area contributed by atoms with Crippen LogP contribution in [0, 0.1) is 11.6 Å². The van der Waals surface area contributed by atoms with Gasteiger partial charge >= 0.3 is 13.8 Å². The first-order valence-electron chi connectivity index (χ1n) is 5.96. The Hall–Kier alpha value is -1.70. The van der Waals surface area contributed by atoms with Gasteiger partial charge in [-0.05, 0) is 38.1 Å². The topological polar surface area (TPSA) is 35.5 Å². The van der Waals surface area contributed by atoms with Crippen molar-refractivity contribution in [2.24, 2.45) is 0 Å². The van der Waals surface area contributed by atoms with Crippen LogP contribution in [0.25, 0.3) is 0 Å². The highest BCUT2D eigenvalue weighted by Crippen LogP contribution is 2.48. The van der Waals surface area contributed by atoms with E-state index in [1.807, 2.05) is 0 Å². The Labute approximate surface area is 121 Å². The van der Waals surface area contributed by atoms with Crippen LogP contribution >= 0.6 is 7.60 Å². The molecule has 1 aromatic carbocycles. The molecule has 21 heavy (non-hydrogen) atoms. The number of hydrogen-bond acceptors (Lipinski definition) is 3. The SMILES string of the molecule is C=C(C)OP(=O)(C#Cc1ccc(C(F)(F)F)cc1)OCC. The van der Waals surface area contributed by atoms with Gasteiger partial charge in [0.1, 0.15) is 0 Å². The van der Waals surface area contributed by atoms with Gasteiger partial charge in [-0.2, -0.15) is 13.2 Å². The molecule has 1 rings (SSSR count). The molecule has 1 aromatic rings. The summed E-state index contributed by atoms with van der Waals surface area (Å²) in [6.45, 7) is 6.68. The van der Waals surface area contributed by atoms with E-state index in [1.54, 1.807) is 6.92 Å². The standard InChI is InChI=1S/C14H14F3O3P/c1-4-19-21(18,20-11(2)3)10-9-12-5-7-13(8-6-12)14(15,16)17/h5-8H,2,4H2,1,3H3. The molecule has 7 heteroatoms. The summed E-state index contributed by atoms with van der Waals surface area (Å²) < 4.78 is 59.3. The van der Waals surface area contributed by atoms with Gasteiger partial charge in [0.15, 0.2) is 0 Å². The van der Waals surface area contributed by atoms with Crippen molar-refractivity contribution in [2.45, 2.75) is 20.0 Å². The van der Waals surface area contributed by atoms with Gasteiger partial charge in [-0.1, -0.05) is 12.5 Å². The first kappa shape index (κ1) is 17.4. The molecule has 1 atom stereocenters. The fourth-order valence-corrected chi connectivity index (χ4v) is 2.51. The number of rotatable bonds is 4. The Bertz CT molecular complexity index is 609. The molecule has 1 unspecified atom stereocenters. The quantitative estimate of drug-likeness (QED) is 0.455. The zero-order chi connectivity index (χ0) is 16.1. The van der Waals surface area contributed by atoms with Gasteiger partial charge in [-0.3, -0.25) is 4.52 Å². The smallest absolute Gasteiger partial charge is 0.421 e. The third-order valence-electron chi connectivity index (χ3n) is 2.12. The summed E-state index contributed by atoms with van der Waals surface area (Å²) >= 11 is 0. The van der Waals surface area contributed by atoms with Gasteiger partial charge in [-0.25, -0.2) is 4.57 Å². The molecule has 0 amide bonds. The van der Waals surface area contributed by atoms with Gasteiger partial charge < -0.3 is 4.52 Å². The van der Waals surface area contributed by atoms with Crippen LogP contribution in [0.5, 0.6) is 0 Å². The lowest BCUT2D eigenvalue weighted by atomic mass is 10.1. The minimum Gasteiger partial charge on any atom is -0.421 e.